The van der Waals surface area contributed by atoms with Gasteiger partial charge in [0.05, 0.1) is 12.2 Å². The van der Waals surface area contributed by atoms with Gasteiger partial charge in [0.15, 0.2) is 0 Å². The maximum Gasteiger partial charge on any atom is 0.0841 e. The summed E-state index contributed by atoms with van der Waals surface area (Å²) >= 11 is 0. The van der Waals surface area contributed by atoms with Crippen LogP contribution in [0.1, 0.15) is 110 Å². The third-order valence-corrected chi connectivity index (χ3v) is 4.62. The van der Waals surface area contributed by atoms with E-state index in [0.29, 0.717) is 12.2 Å². The molecule has 0 radical (unpaired) electrons. The Hall–Kier alpha value is -0.0400. The van der Waals surface area contributed by atoms with Gasteiger partial charge in [-0.15, -0.1) is 0 Å². The summed E-state index contributed by atoms with van der Waals surface area (Å²) in [4.78, 5) is 0. The van der Waals surface area contributed by atoms with Crippen LogP contribution < -0.4 is 0 Å². The van der Waals surface area contributed by atoms with Gasteiger partial charge in [-0.2, -0.15) is 0 Å². The van der Waals surface area contributed by atoms with Gasteiger partial charge in [-0.05, 0) is 12.8 Å². The summed E-state index contributed by atoms with van der Waals surface area (Å²) in [6, 6.07) is 0. The molecule has 0 spiro atoms. The number of hydrogen-bond acceptors (Lipinski definition) is 1. The Balaban J connectivity index is 1.75. The Kier molecular flexibility index (Phi) is 11.4. The van der Waals surface area contributed by atoms with Crippen LogP contribution in [0.2, 0.25) is 0 Å². The number of epoxide rings is 1. The van der Waals surface area contributed by atoms with Gasteiger partial charge in [-0.25, -0.2) is 0 Å². The SMILES string of the molecule is CCCCCCCCC[C@@H]1O[C@H]1CCCCCCCC. The summed E-state index contributed by atoms with van der Waals surface area (Å²) in [6.45, 7) is 4.57. The van der Waals surface area contributed by atoms with E-state index in [-0.39, 0.29) is 0 Å². The molecule has 1 nitrogen and oxygen atoms in total. The molecule has 0 unspecified atom stereocenters. The molecule has 2 atom stereocenters. The fraction of sp³-hybridized carbons (Fsp3) is 1.00. The van der Waals surface area contributed by atoms with E-state index in [4.69, 9.17) is 4.74 Å². The lowest BCUT2D eigenvalue weighted by molar-refractivity contribution is 0.347. The Morgan fingerprint density at radius 3 is 1.25 bits per heavy atom. The lowest BCUT2D eigenvalue weighted by Gasteiger charge is -2.00. The molecule has 1 aliphatic heterocycles. The first-order valence-electron chi connectivity index (χ1n) is 9.54. The fourth-order valence-corrected chi connectivity index (χ4v) is 3.12. The lowest BCUT2D eigenvalue weighted by Crippen LogP contribution is -1.94. The minimum Gasteiger partial charge on any atom is -0.370 e. The van der Waals surface area contributed by atoms with Crippen LogP contribution in [-0.4, -0.2) is 12.2 Å². The molecule has 1 saturated heterocycles. The van der Waals surface area contributed by atoms with E-state index in [0.717, 1.165) is 0 Å². The third kappa shape index (κ3) is 9.80. The number of rotatable bonds is 15. The van der Waals surface area contributed by atoms with Crippen molar-refractivity contribution >= 4 is 0 Å². The van der Waals surface area contributed by atoms with Crippen LogP contribution in [0.15, 0.2) is 0 Å². The molecule has 1 heteroatoms. The average molecular weight is 283 g/mol. The predicted octanol–water partition coefficient (Wildman–Crippen LogP) is 6.65. The van der Waals surface area contributed by atoms with Gasteiger partial charge in [0.25, 0.3) is 0 Å². The molecule has 20 heavy (non-hydrogen) atoms. The van der Waals surface area contributed by atoms with E-state index in [1.54, 1.807) is 0 Å². The molecule has 0 aromatic carbocycles. The fourth-order valence-electron chi connectivity index (χ4n) is 3.12. The molecule has 0 saturated carbocycles. The topological polar surface area (TPSA) is 12.5 Å². The van der Waals surface area contributed by atoms with E-state index in [1.807, 2.05) is 0 Å². The van der Waals surface area contributed by atoms with Crippen molar-refractivity contribution in [1.29, 1.82) is 0 Å². The van der Waals surface area contributed by atoms with Crippen LogP contribution in [0.25, 0.3) is 0 Å². The number of unbranched alkanes of at least 4 members (excludes halogenated alkanes) is 11. The van der Waals surface area contributed by atoms with Gasteiger partial charge in [0.1, 0.15) is 0 Å². The van der Waals surface area contributed by atoms with Crippen molar-refractivity contribution in [3.63, 3.8) is 0 Å². The van der Waals surface area contributed by atoms with Crippen molar-refractivity contribution in [3.05, 3.63) is 0 Å². The standard InChI is InChI=1S/C19H38O/c1-3-5-7-9-11-13-15-17-19-18(20-19)16-14-12-10-8-6-4-2/h18-19H,3-17H2,1-2H3/t18-,19-/m0/s1. The summed E-state index contributed by atoms with van der Waals surface area (Å²) in [5, 5.41) is 0. The Morgan fingerprint density at radius 2 is 0.850 bits per heavy atom. The second-order valence-electron chi connectivity index (χ2n) is 6.68. The molecule has 1 aliphatic rings. The summed E-state index contributed by atoms with van der Waals surface area (Å²) in [7, 11) is 0. The predicted molar refractivity (Wildman–Crippen MR) is 89.3 cm³/mol. The van der Waals surface area contributed by atoms with Crippen molar-refractivity contribution < 1.29 is 4.74 Å². The first-order valence-corrected chi connectivity index (χ1v) is 9.54. The van der Waals surface area contributed by atoms with E-state index in [1.165, 1.54) is 96.3 Å². The van der Waals surface area contributed by atoms with E-state index in [2.05, 4.69) is 13.8 Å². The largest absolute Gasteiger partial charge is 0.370 e. The highest BCUT2D eigenvalue weighted by molar-refractivity contribution is 4.84. The van der Waals surface area contributed by atoms with E-state index >= 15 is 0 Å². The third-order valence-electron chi connectivity index (χ3n) is 4.62. The van der Waals surface area contributed by atoms with Crippen LogP contribution in [-0.2, 0) is 4.74 Å². The highest BCUT2D eigenvalue weighted by atomic mass is 16.6. The second kappa shape index (κ2) is 12.7. The molecule has 0 N–H and O–H groups in total. The summed E-state index contributed by atoms with van der Waals surface area (Å²) in [5.74, 6) is 0. The molecule has 0 aliphatic carbocycles. The monoisotopic (exact) mass is 282 g/mol. The van der Waals surface area contributed by atoms with Crippen molar-refractivity contribution in [2.45, 2.75) is 122 Å². The summed E-state index contributed by atoms with van der Waals surface area (Å²) in [6.07, 6.45) is 22.3. The van der Waals surface area contributed by atoms with Crippen LogP contribution in [0.3, 0.4) is 0 Å². The van der Waals surface area contributed by atoms with Gasteiger partial charge in [-0.3, -0.25) is 0 Å². The maximum atomic E-state index is 5.79. The highest BCUT2D eigenvalue weighted by Crippen LogP contribution is 2.31. The van der Waals surface area contributed by atoms with Crippen LogP contribution >= 0.6 is 0 Å². The molecule has 120 valence electrons. The van der Waals surface area contributed by atoms with Crippen molar-refractivity contribution in [2.75, 3.05) is 0 Å². The first kappa shape index (κ1) is 18.0. The maximum absolute atomic E-state index is 5.79. The molecule has 1 fully saturated rings. The average Bonchev–Trinajstić information content (AvgIpc) is 3.20. The van der Waals surface area contributed by atoms with Crippen LogP contribution in [0, 0.1) is 0 Å². The zero-order valence-corrected chi connectivity index (χ0v) is 14.2. The molecule has 0 aromatic heterocycles. The van der Waals surface area contributed by atoms with Gasteiger partial charge < -0.3 is 4.74 Å². The van der Waals surface area contributed by atoms with Gasteiger partial charge >= 0.3 is 0 Å². The quantitative estimate of drug-likeness (QED) is 0.242. The highest BCUT2D eigenvalue weighted by Gasteiger charge is 2.36. The minimum absolute atomic E-state index is 0.640. The van der Waals surface area contributed by atoms with E-state index in [9.17, 15) is 0 Å². The van der Waals surface area contributed by atoms with Crippen molar-refractivity contribution in [1.82, 2.24) is 0 Å². The summed E-state index contributed by atoms with van der Waals surface area (Å²) < 4.78 is 5.79. The Morgan fingerprint density at radius 1 is 0.500 bits per heavy atom. The minimum atomic E-state index is 0.640. The smallest absolute Gasteiger partial charge is 0.0841 e. The molecule has 0 aromatic rings. The van der Waals surface area contributed by atoms with Crippen LogP contribution in [0.4, 0.5) is 0 Å². The van der Waals surface area contributed by atoms with E-state index < -0.39 is 0 Å². The van der Waals surface area contributed by atoms with Gasteiger partial charge in [0, 0.05) is 0 Å². The van der Waals surface area contributed by atoms with Gasteiger partial charge in [0.2, 0.25) is 0 Å². The Bertz CT molecular complexity index is 202. The number of hydrogen-bond donors (Lipinski definition) is 0. The summed E-state index contributed by atoms with van der Waals surface area (Å²) in [5.41, 5.74) is 0. The molecule has 0 bridgehead atoms. The van der Waals surface area contributed by atoms with Gasteiger partial charge in [-0.1, -0.05) is 97.3 Å². The zero-order valence-electron chi connectivity index (χ0n) is 14.2. The molecule has 1 rings (SSSR count). The lowest BCUT2D eigenvalue weighted by atomic mass is 10.0. The molecular formula is C19H38O. The van der Waals surface area contributed by atoms with Crippen molar-refractivity contribution in [2.24, 2.45) is 0 Å². The molecular weight excluding hydrogens is 244 g/mol. The molecule has 0 amide bonds. The Labute approximate surface area is 127 Å². The zero-order chi connectivity index (χ0) is 14.5. The second-order valence-corrected chi connectivity index (χ2v) is 6.68. The first-order chi connectivity index (χ1) is 9.88. The molecule has 1 heterocycles. The van der Waals surface area contributed by atoms with Crippen molar-refractivity contribution in [3.8, 4) is 0 Å². The number of ether oxygens (including phenoxy) is 1. The van der Waals surface area contributed by atoms with Crippen LogP contribution in [0.5, 0.6) is 0 Å². The normalized spacial score (nSPS) is 21.3.